The van der Waals surface area contributed by atoms with E-state index in [0.717, 1.165) is 0 Å². The van der Waals surface area contributed by atoms with E-state index in [1.165, 1.54) is 6.92 Å². The van der Waals surface area contributed by atoms with E-state index in [9.17, 15) is 18.0 Å². The van der Waals surface area contributed by atoms with Gasteiger partial charge in [0.15, 0.2) is 15.6 Å². The third-order valence-corrected chi connectivity index (χ3v) is 3.11. The summed E-state index contributed by atoms with van der Waals surface area (Å²) in [5.74, 6) is -1.51. The van der Waals surface area contributed by atoms with Gasteiger partial charge in [0.05, 0.1) is 5.75 Å². The summed E-state index contributed by atoms with van der Waals surface area (Å²) < 4.78 is 21.7. The van der Waals surface area contributed by atoms with Gasteiger partial charge < -0.3 is 5.32 Å². The minimum absolute atomic E-state index is 0.259. The van der Waals surface area contributed by atoms with Crippen molar-refractivity contribution in [3.05, 3.63) is 0 Å². The molecular formula is C6H9NO4S. The number of sulfone groups is 1. The summed E-state index contributed by atoms with van der Waals surface area (Å²) >= 11 is 0. The zero-order valence-corrected chi connectivity index (χ0v) is 7.35. The lowest BCUT2D eigenvalue weighted by Gasteiger charge is -2.05. The van der Waals surface area contributed by atoms with Crippen LogP contribution in [-0.4, -0.2) is 37.7 Å². The van der Waals surface area contributed by atoms with Gasteiger partial charge in [-0.25, -0.2) is 8.42 Å². The molecule has 5 nitrogen and oxygen atoms in total. The number of hydrogen-bond donors (Lipinski definition) is 1. The first kappa shape index (κ1) is 9.18. The monoisotopic (exact) mass is 191 g/mol. The molecule has 0 saturated carbocycles. The number of nitrogens with one attached hydrogen (secondary N) is 1. The van der Waals surface area contributed by atoms with Crippen molar-refractivity contribution in [1.82, 2.24) is 5.32 Å². The van der Waals surface area contributed by atoms with Gasteiger partial charge in [0, 0.05) is 6.92 Å². The van der Waals surface area contributed by atoms with Crippen LogP contribution in [0.4, 0.5) is 0 Å². The number of rotatable bonds is 1. The molecule has 0 aromatic carbocycles. The molecule has 12 heavy (non-hydrogen) atoms. The zero-order valence-electron chi connectivity index (χ0n) is 6.53. The molecule has 1 amide bonds. The van der Waals surface area contributed by atoms with E-state index >= 15 is 0 Å². The molecule has 0 spiro atoms. The smallest absolute Gasteiger partial charge is 0.217 e. The second kappa shape index (κ2) is 2.85. The molecule has 0 radical (unpaired) electrons. The second-order valence-electron chi connectivity index (χ2n) is 2.77. The van der Waals surface area contributed by atoms with Gasteiger partial charge in [-0.2, -0.15) is 0 Å². The van der Waals surface area contributed by atoms with Crippen molar-refractivity contribution in [3.8, 4) is 0 Å². The van der Waals surface area contributed by atoms with Crippen LogP contribution in [-0.2, 0) is 19.4 Å². The Morgan fingerprint density at radius 1 is 1.58 bits per heavy atom. The van der Waals surface area contributed by atoms with Gasteiger partial charge in [0.1, 0.15) is 11.8 Å². The Morgan fingerprint density at radius 3 is 2.50 bits per heavy atom. The van der Waals surface area contributed by atoms with Gasteiger partial charge >= 0.3 is 0 Å². The maximum Gasteiger partial charge on any atom is 0.217 e. The molecule has 1 unspecified atom stereocenters. The molecule has 1 heterocycles. The van der Waals surface area contributed by atoms with Crippen molar-refractivity contribution >= 4 is 21.5 Å². The lowest BCUT2D eigenvalue weighted by molar-refractivity contribution is -0.124. The highest BCUT2D eigenvalue weighted by atomic mass is 32.2. The molecule has 1 aliphatic heterocycles. The van der Waals surface area contributed by atoms with E-state index in [1.807, 2.05) is 0 Å². The summed E-state index contributed by atoms with van der Waals surface area (Å²) in [4.78, 5) is 21.4. The highest BCUT2D eigenvalue weighted by Gasteiger charge is 2.36. The predicted octanol–water partition coefficient (Wildman–Crippen LogP) is -1.51. The van der Waals surface area contributed by atoms with Crippen molar-refractivity contribution in [2.45, 2.75) is 13.0 Å². The van der Waals surface area contributed by atoms with E-state index in [-0.39, 0.29) is 11.7 Å². The van der Waals surface area contributed by atoms with Gasteiger partial charge in [-0.1, -0.05) is 0 Å². The third-order valence-electron chi connectivity index (χ3n) is 1.55. The number of amides is 1. The number of ketones is 1. The summed E-state index contributed by atoms with van der Waals surface area (Å²) in [7, 11) is -3.25. The molecule has 1 atom stereocenters. The van der Waals surface area contributed by atoms with E-state index < -0.39 is 27.4 Å². The molecule has 0 aromatic heterocycles. The molecule has 68 valence electrons. The first-order valence-electron chi connectivity index (χ1n) is 3.41. The third kappa shape index (κ3) is 2.04. The summed E-state index contributed by atoms with van der Waals surface area (Å²) in [5, 5.41) is 2.28. The Hall–Kier alpha value is -0.910. The standard InChI is InChI=1S/C6H9NO4S/c1-4(8)7-5-2-12(10,11)3-6(5)9/h5H,2-3H2,1H3,(H,7,8). The van der Waals surface area contributed by atoms with Gasteiger partial charge in [0.2, 0.25) is 5.91 Å². The Kier molecular flexibility index (Phi) is 2.18. The lowest BCUT2D eigenvalue weighted by atomic mass is 10.2. The van der Waals surface area contributed by atoms with E-state index in [4.69, 9.17) is 0 Å². The van der Waals surface area contributed by atoms with Crippen LogP contribution in [0, 0.1) is 0 Å². The average Bonchev–Trinajstić information content (AvgIpc) is 2.03. The van der Waals surface area contributed by atoms with Crippen molar-refractivity contribution in [3.63, 3.8) is 0 Å². The summed E-state index contributed by atoms with van der Waals surface area (Å²) in [6.45, 7) is 1.25. The Balaban J connectivity index is 2.71. The van der Waals surface area contributed by atoms with Crippen molar-refractivity contribution < 1.29 is 18.0 Å². The first-order valence-corrected chi connectivity index (χ1v) is 5.23. The van der Waals surface area contributed by atoms with Crippen LogP contribution in [0.5, 0.6) is 0 Å². The predicted molar refractivity (Wildman–Crippen MR) is 41.3 cm³/mol. The Labute approximate surface area is 70.1 Å². The topological polar surface area (TPSA) is 80.3 Å². The van der Waals surface area contributed by atoms with E-state index in [1.54, 1.807) is 0 Å². The van der Waals surface area contributed by atoms with E-state index in [0.29, 0.717) is 0 Å². The minimum atomic E-state index is -3.25. The van der Waals surface area contributed by atoms with Crippen molar-refractivity contribution in [2.24, 2.45) is 0 Å². The number of carbonyl (C=O) groups is 2. The lowest BCUT2D eigenvalue weighted by Crippen LogP contribution is -2.38. The maximum atomic E-state index is 10.9. The molecule has 0 aliphatic carbocycles. The van der Waals surface area contributed by atoms with Gasteiger partial charge in [0.25, 0.3) is 0 Å². The van der Waals surface area contributed by atoms with Crippen molar-refractivity contribution in [1.29, 1.82) is 0 Å². The Bertz CT molecular complexity index is 318. The van der Waals surface area contributed by atoms with Crippen LogP contribution >= 0.6 is 0 Å². The van der Waals surface area contributed by atoms with Gasteiger partial charge in [-0.05, 0) is 0 Å². The Morgan fingerprint density at radius 2 is 2.17 bits per heavy atom. The molecular weight excluding hydrogens is 182 g/mol. The number of hydrogen-bond acceptors (Lipinski definition) is 4. The second-order valence-corrected chi connectivity index (χ2v) is 4.88. The normalized spacial score (nSPS) is 27.1. The zero-order chi connectivity index (χ0) is 9.35. The molecule has 6 heteroatoms. The van der Waals surface area contributed by atoms with Crippen LogP contribution in [0.1, 0.15) is 6.92 Å². The highest BCUT2D eigenvalue weighted by Crippen LogP contribution is 2.07. The first-order chi connectivity index (χ1) is 5.41. The van der Waals surface area contributed by atoms with Crippen LogP contribution in [0.2, 0.25) is 0 Å². The van der Waals surface area contributed by atoms with Crippen LogP contribution in [0.3, 0.4) is 0 Å². The molecule has 1 saturated heterocycles. The van der Waals surface area contributed by atoms with Gasteiger partial charge in [-0.15, -0.1) is 0 Å². The fourth-order valence-corrected chi connectivity index (χ4v) is 2.62. The van der Waals surface area contributed by atoms with Crippen molar-refractivity contribution in [2.75, 3.05) is 11.5 Å². The fourth-order valence-electron chi connectivity index (χ4n) is 1.09. The molecule has 0 aromatic rings. The number of carbonyl (C=O) groups excluding carboxylic acids is 2. The van der Waals surface area contributed by atoms with Crippen LogP contribution in [0.25, 0.3) is 0 Å². The summed E-state index contributed by atoms with van der Waals surface area (Å²) in [6.07, 6.45) is 0. The van der Waals surface area contributed by atoms with Crippen LogP contribution < -0.4 is 5.32 Å². The SMILES string of the molecule is CC(=O)NC1CS(=O)(=O)CC1=O. The van der Waals surface area contributed by atoms with Crippen LogP contribution in [0.15, 0.2) is 0 Å². The summed E-state index contributed by atoms with van der Waals surface area (Å²) in [6, 6.07) is -0.826. The van der Waals surface area contributed by atoms with Gasteiger partial charge in [-0.3, -0.25) is 9.59 Å². The number of Topliss-reactive ketones (excluding diaryl/α,β-unsaturated/α-hetero) is 1. The maximum absolute atomic E-state index is 10.9. The fraction of sp³-hybridized carbons (Fsp3) is 0.667. The molecule has 1 fully saturated rings. The highest BCUT2D eigenvalue weighted by molar-refractivity contribution is 7.92. The molecule has 1 N–H and O–H groups in total. The molecule has 1 aliphatic rings. The average molecular weight is 191 g/mol. The summed E-state index contributed by atoms with van der Waals surface area (Å²) in [5.41, 5.74) is 0. The quantitative estimate of drug-likeness (QED) is 0.546. The van der Waals surface area contributed by atoms with E-state index in [2.05, 4.69) is 5.32 Å². The minimum Gasteiger partial charge on any atom is -0.345 e. The molecule has 1 rings (SSSR count). The largest absolute Gasteiger partial charge is 0.345 e. The molecule has 0 bridgehead atoms.